The molecule has 144 valence electrons. The second kappa shape index (κ2) is 10.7. The van der Waals surface area contributed by atoms with Crippen LogP contribution in [0.4, 0.5) is 0 Å². The van der Waals surface area contributed by atoms with Crippen LogP contribution < -0.4 is 5.32 Å². The van der Waals surface area contributed by atoms with E-state index in [-0.39, 0.29) is 5.91 Å². The van der Waals surface area contributed by atoms with E-state index in [0.29, 0.717) is 18.3 Å². The summed E-state index contributed by atoms with van der Waals surface area (Å²) < 4.78 is 5.38. The fraction of sp³-hybridized carbons (Fsp3) is 0.682. The average molecular weight is 359 g/mol. The molecule has 26 heavy (non-hydrogen) atoms. The lowest BCUT2D eigenvalue weighted by atomic mass is 9.75. The van der Waals surface area contributed by atoms with Crippen molar-refractivity contribution in [2.45, 2.75) is 50.9 Å². The third kappa shape index (κ3) is 6.10. The number of morpholine rings is 1. The van der Waals surface area contributed by atoms with Crippen molar-refractivity contribution in [3.05, 3.63) is 35.9 Å². The van der Waals surface area contributed by atoms with E-state index >= 15 is 0 Å². The summed E-state index contributed by atoms with van der Waals surface area (Å²) in [5.41, 5.74) is 1.34. The van der Waals surface area contributed by atoms with Crippen LogP contribution in [0, 0.1) is 5.92 Å². The predicted molar refractivity (Wildman–Crippen MR) is 105 cm³/mol. The van der Waals surface area contributed by atoms with Crippen molar-refractivity contribution in [1.82, 2.24) is 10.2 Å². The molecule has 1 aromatic rings. The van der Waals surface area contributed by atoms with Crippen molar-refractivity contribution in [3.8, 4) is 0 Å². The number of carbonyl (C=O) groups is 1. The van der Waals surface area contributed by atoms with Gasteiger partial charge in [0.2, 0.25) is 5.91 Å². The van der Waals surface area contributed by atoms with Gasteiger partial charge in [0.25, 0.3) is 0 Å². The molecule has 1 unspecified atom stereocenters. The van der Waals surface area contributed by atoms with Crippen molar-refractivity contribution in [1.29, 1.82) is 0 Å². The minimum Gasteiger partial charge on any atom is -0.379 e. The van der Waals surface area contributed by atoms with Gasteiger partial charge in [0, 0.05) is 26.1 Å². The third-order valence-electron chi connectivity index (χ3n) is 5.93. The smallest absolute Gasteiger partial charge is 0.220 e. The lowest BCUT2D eigenvalue weighted by molar-refractivity contribution is -0.121. The maximum absolute atomic E-state index is 12.6. The Morgan fingerprint density at radius 1 is 1.12 bits per heavy atom. The minimum atomic E-state index is 0.214. The molecule has 4 nitrogen and oxygen atoms in total. The highest BCUT2D eigenvalue weighted by Crippen LogP contribution is 2.38. The molecule has 2 fully saturated rings. The van der Waals surface area contributed by atoms with Crippen molar-refractivity contribution in [3.63, 3.8) is 0 Å². The molecule has 0 bridgehead atoms. The first kappa shape index (κ1) is 19.4. The molecule has 1 amide bonds. The number of hydrogen-bond acceptors (Lipinski definition) is 3. The van der Waals surface area contributed by atoms with Gasteiger partial charge < -0.3 is 10.1 Å². The van der Waals surface area contributed by atoms with Gasteiger partial charge in [-0.25, -0.2) is 0 Å². The van der Waals surface area contributed by atoms with Gasteiger partial charge in [-0.2, -0.15) is 0 Å². The molecule has 1 N–H and O–H groups in total. The van der Waals surface area contributed by atoms with E-state index in [1.54, 1.807) is 0 Å². The van der Waals surface area contributed by atoms with E-state index in [0.717, 1.165) is 45.8 Å². The monoisotopic (exact) mass is 358 g/mol. The van der Waals surface area contributed by atoms with Gasteiger partial charge in [0.1, 0.15) is 0 Å². The van der Waals surface area contributed by atoms with E-state index < -0.39 is 0 Å². The highest BCUT2D eigenvalue weighted by atomic mass is 16.5. The maximum atomic E-state index is 12.6. The Morgan fingerprint density at radius 3 is 2.58 bits per heavy atom. The number of benzene rings is 1. The minimum absolute atomic E-state index is 0.214. The van der Waals surface area contributed by atoms with E-state index in [1.807, 2.05) is 0 Å². The van der Waals surface area contributed by atoms with Crippen LogP contribution in [-0.2, 0) is 9.53 Å². The quantitative estimate of drug-likeness (QED) is 0.722. The summed E-state index contributed by atoms with van der Waals surface area (Å²) in [6.45, 7) is 5.55. The standard InChI is InChI=1S/C22H34N2O2/c25-22(23-12-7-13-24-14-16-26-17-15-24)18-21(19-8-3-1-4-9-19)20-10-5-2-6-11-20/h1,3-4,8-9,20-21H,2,5-7,10-18H2,(H,23,25). The lowest BCUT2D eigenvalue weighted by Crippen LogP contribution is -2.38. The largest absolute Gasteiger partial charge is 0.379 e. The summed E-state index contributed by atoms with van der Waals surface area (Å²) in [5, 5.41) is 3.16. The number of nitrogens with zero attached hydrogens (tertiary/aromatic N) is 1. The molecular formula is C22H34N2O2. The van der Waals surface area contributed by atoms with E-state index in [1.165, 1.54) is 37.7 Å². The summed E-state index contributed by atoms with van der Waals surface area (Å²) in [4.78, 5) is 15.0. The van der Waals surface area contributed by atoms with Crippen LogP contribution in [0.5, 0.6) is 0 Å². The summed E-state index contributed by atoms with van der Waals surface area (Å²) in [6.07, 6.45) is 8.17. The van der Waals surface area contributed by atoms with Crippen LogP contribution in [0.3, 0.4) is 0 Å². The fourth-order valence-electron chi connectivity index (χ4n) is 4.42. The van der Waals surface area contributed by atoms with Gasteiger partial charge in [-0.1, -0.05) is 49.6 Å². The summed E-state index contributed by atoms with van der Waals surface area (Å²) in [7, 11) is 0. The predicted octanol–water partition coefficient (Wildman–Crippen LogP) is 3.58. The van der Waals surface area contributed by atoms with Crippen molar-refractivity contribution >= 4 is 5.91 Å². The Kier molecular flexibility index (Phi) is 7.96. The fourth-order valence-corrected chi connectivity index (χ4v) is 4.42. The van der Waals surface area contributed by atoms with Gasteiger partial charge in [-0.3, -0.25) is 9.69 Å². The second-order valence-corrected chi connectivity index (χ2v) is 7.78. The Labute approximate surface area is 158 Å². The van der Waals surface area contributed by atoms with Gasteiger partial charge in [-0.05, 0) is 43.2 Å². The summed E-state index contributed by atoms with van der Waals surface area (Å²) >= 11 is 0. The number of hydrogen-bond donors (Lipinski definition) is 1. The number of carbonyl (C=O) groups excluding carboxylic acids is 1. The molecule has 1 heterocycles. The Morgan fingerprint density at radius 2 is 1.85 bits per heavy atom. The summed E-state index contributed by atoms with van der Waals surface area (Å²) in [5.74, 6) is 1.24. The van der Waals surface area contributed by atoms with Crippen molar-refractivity contribution < 1.29 is 9.53 Å². The Hall–Kier alpha value is -1.39. The van der Waals surface area contributed by atoms with Gasteiger partial charge in [-0.15, -0.1) is 0 Å². The highest BCUT2D eigenvalue weighted by molar-refractivity contribution is 5.76. The molecule has 1 atom stereocenters. The topological polar surface area (TPSA) is 41.6 Å². The maximum Gasteiger partial charge on any atom is 0.220 e. The first-order valence-corrected chi connectivity index (χ1v) is 10.4. The van der Waals surface area contributed by atoms with Crippen LogP contribution >= 0.6 is 0 Å². The third-order valence-corrected chi connectivity index (χ3v) is 5.93. The second-order valence-electron chi connectivity index (χ2n) is 7.78. The van der Waals surface area contributed by atoms with Crippen LogP contribution in [0.1, 0.15) is 56.4 Å². The highest BCUT2D eigenvalue weighted by Gasteiger charge is 2.27. The zero-order valence-electron chi connectivity index (χ0n) is 16.0. The number of ether oxygens (including phenoxy) is 1. The van der Waals surface area contributed by atoms with E-state index in [9.17, 15) is 4.79 Å². The lowest BCUT2D eigenvalue weighted by Gasteiger charge is -2.30. The van der Waals surface area contributed by atoms with Crippen LogP contribution in [0.2, 0.25) is 0 Å². The molecule has 2 aliphatic rings. The molecule has 1 aromatic carbocycles. The van der Waals surface area contributed by atoms with Crippen LogP contribution in [0.25, 0.3) is 0 Å². The van der Waals surface area contributed by atoms with Crippen molar-refractivity contribution in [2.24, 2.45) is 5.92 Å². The molecular weight excluding hydrogens is 324 g/mol. The zero-order valence-corrected chi connectivity index (χ0v) is 16.0. The van der Waals surface area contributed by atoms with Crippen molar-refractivity contribution in [2.75, 3.05) is 39.4 Å². The van der Waals surface area contributed by atoms with Gasteiger partial charge in [0.15, 0.2) is 0 Å². The SMILES string of the molecule is O=C(CC(c1ccccc1)C1CCCCC1)NCCCN1CCOCC1. The number of amides is 1. The zero-order chi connectivity index (χ0) is 18.0. The molecule has 1 saturated heterocycles. The molecule has 1 aliphatic heterocycles. The van der Waals surface area contributed by atoms with Crippen LogP contribution in [0.15, 0.2) is 30.3 Å². The van der Waals surface area contributed by atoms with Gasteiger partial charge in [0.05, 0.1) is 13.2 Å². The normalized spacial score (nSPS) is 20.6. The Bertz CT molecular complexity index is 522. The van der Waals surface area contributed by atoms with Gasteiger partial charge >= 0.3 is 0 Å². The number of nitrogens with one attached hydrogen (secondary N) is 1. The molecule has 4 heteroatoms. The van der Waals surface area contributed by atoms with E-state index in [4.69, 9.17) is 4.74 Å². The van der Waals surface area contributed by atoms with Crippen LogP contribution in [-0.4, -0.2) is 50.2 Å². The van der Waals surface area contributed by atoms with E-state index in [2.05, 4.69) is 40.5 Å². The molecule has 0 spiro atoms. The average Bonchev–Trinajstić information content (AvgIpc) is 2.71. The summed E-state index contributed by atoms with van der Waals surface area (Å²) in [6, 6.07) is 10.7. The molecule has 0 aromatic heterocycles. The first-order chi connectivity index (χ1) is 12.8. The first-order valence-electron chi connectivity index (χ1n) is 10.4. The Balaban J connectivity index is 1.45. The molecule has 0 radical (unpaired) electrons. The molecule has 1 aliphatic carbocycles. The molecule has 1 saturated carbocycles. The molecule has 3 rings (SSSR count). The number of rotatable bonds is 8.